The van der Waals surface area contributed by atoms with E-state index >= 15 is 0 Å². The lowest BCUT2D eigenvalue weighted by Gasteiger charge is -2.06. The number of aromatic nitrogens is 4. The van der Waals surface area contributed by atoms with Crippen LogP contribution in [0.3, 0.4) is 0 Å². The van der Waals surface area contributed by atoms with Gasteiger partial charge in [0.1, 0.15) is 5.82 Å². The first-order valence-corrected chi connectivity index (χ1v) is 4.50. The Morgan fingerprint density at radius 1 is 1.00 bits per heavy atom. The molecule has 2 aromatic heterocycles. The van der Waals surface area contributed by atoms with Crippen molar-refractivity contribution >= 4 is 11.6 Å². The number of alkyl halides is 3. The smallest absolute Gasteiger partial charge is 0.322 e. The first-order valence-electron chi connectivity index (χ1n) is 4.50. The molecule has 0 aromatic carbocycles. The molecule has 0 unspecified atom stereocenters. The molecule has 0 aliphatic heterocycles. The Bertz CT molecular complexity index is 482. The van der Waals surface area contributed by atoms with E-state index < -0.39 is 11.9 Å². The van der Waals surface area contributed by atoms with Crippen LogP contribution in [0.4, 0.5) is 24.8 Å². The average Bonchev–Trinajstić information content (AvgIpc) is 2.30. The van der Waals surface area contributed by atoms with Crippen LogP contribution < -0.4 is 5.32 Å². The van der Waals surface area contributed by atoms with E-state index in [0.717, 1.165) is 6.07 Å². The summed E-state index contributed by atoms with van der Waals surface area (Å²) in [5.74, 6) is 0.542. The van der Waals surface area contributed by atoms with Crippen LogP contribution >= 0.6 is 0 Å². The lowest BCUT2D eigenvalue weighted by molar-refractivity contribution is -0.141. The van der Waals surface area contributed by atoms with Gasteiger partial charge in [-0.25, -0.2) is 4.98 Å². The summed E-state index contributed by atoms with van der Waals surface area (Å²) in [5.41, 5.74) is -1.04. The van der Waals surface area contributed by atoms with Crippen molar-refractivity contribution in [1.82, 2.24) is 20.2 Å². The Labute approximate surface area is 93.7 Å². The molecule has 8 heteroatoms. The number of nitrogens with one attached hydrogen (secondary N) is 1. The molecule has 5 nitrogen and oxygen atoms in total. The molecule has 2 heterocycles. The molecular formula is C9H6F3N5. The maximum absolute atomic E-state index is 12.2. The molecule has 0 fully saturated rings. The molecule has 0 spiro atoms. The van der Waals surface area contributed by atoms with E-state index in [-0.39, 0.29) is 5.82 Å². The summed E-state index contributed by atoms with van der Waals surface area (Å²) in [5, 5.41) is 9.12. The molecule has 0 bridgehead atoms. The molecule has 88 valence electrons. The summed E-state index contributed by atoms with van der Waals surface area (Å²) in [6.07, 6.45) is -0.152. The molecule has 0 amide bonds. The van der Waals surface area contributed by atoms with Crippen molar-refractivity contribution < 1.29 is 13.2 Å². The maximum Gasteiger partial charge on any atom is 0.435 e. The van der Waals surface area contributed by atoms with E-state index in [1.54, 1.807) is 0 Å². The van der Waals surface area contributed by atoms with Crippen LogP contribution in [0.15, 0.2) is 30.7 Å². The molecule has 0 atom stereocenters. The van der Waals surface area contributed by atoms with Crippen molar-refractivity contribution in [2.24, 2.45) is 0 Å². The zero-order valence-corrected chi connectivity index (χ0v) is 8.31. The molecular weight excluding hydrogens is 235 g/mol. The number of hydrogen-bond acceptors (Lipinski definition) is 5. The lowest BCUT2D eigenvalue weighted by Crippen LogP contribution is -2.09. The minimum atomic E-state index is -4.49. The maximum atomic E-state index is 12.2. The summed E-state index contributed by atoms with van der Waals surface area (Å²) < 4.78 is 36.6. The fraction of sp³-hybridized carbons (Fsp3) is 0.111. The quantitative estimate of drug-likeness (QED) is 0.871. The Morgan fingerprint density at radius 3 is 2.35 bits per heavy atom. The fourth-order valence-corrected chi connectivity index (χ4v) is 1.04. The van der Waals surface area contributed by atoms with E-state index in [4.69, 9.17) is 0 Å². The first kappa shape index (κ1) is 11.2. The highest BCUT2D eigenvalue weighted by molar-refractivity contribution is 5.49. The molecule has 1 N–H and O–H groups in total. The molecule has 0 radical (unpaired) electrons. The highest BCUT2D eigenvalue weighted by atomic mass is 19.4. The summed E-state index contributed by atoms with van der Waals surface area (Å²) in [7, 11) is 0. The first-order chi connectivity index (χ1) is 8.05. The summed E-state index contributed by atoms with van der Waals surface area (Å²) in [6, 6.07) is 2.01. The third kappa shape index (κ3) is 2.86. The van der Waals surface area contributed by atoms with Gasteiger partial charge in [0.05, 0.1) is 6.20 Å². The Kier molecular flexibility index (Phi) is 2.86. The zero-order valence-electron chi connectivity index (χ0n) is 8.31. The van der Waals surface area contributed by atoms with Gasteiger partial charge in [-0.15, -0.1) is 10.2 Å². The Hall–Kier alpha value is -2.25. The molecule has 0 aliphatic carbocycles. The monoisotopic (exact) mass is 241 g/mol. The van der Waals surface area contributed by atoms with Crippen LogP contribution in [-0.4, -0.2) is 20.2 Å². The second-order valence-electron chi connectivity index (χ2n) is 3.02. The van der Waals surface area contributed by atoms with Gasteiger partial charge in [0.2, 0.25) is 0 Å². The van der Waals surface area contributed by atoms with Crippen LogP contribution in [0.5, 0.6) is 0 Å². The number of rotatable bonds is 2. The normalized spacial score (nSPS) is 11.2. The minimum absolute atomic E-state index is 0.165. The van der Waals surface area contributed by atoms with E-state index in [1.165, 1.54) is 24.7 Å². The van der Waals surface area contributed by atoms with Gasteiger partial charge in [0.25, 0.3) is 0 Å². The SMILES string of the molecule is FC(F)(F)c1ccc(Nc2cnccn2)nn1. The second-order valence-corrected chi connectivity index (χ2v) is 3.02. The van der Waals surface area contributed by atoms with Gasteiger partial charge >= 0.3 is 6.18 Å². The van der Waals surface area contributed by atoms with E-state index in [0.29, 0.717) is 5.82 Å². The molecule has 2 aromatic rings. The van der Waals surface area contributed by atoms with Crippen LogP contribution in [-0.2, 0) is 6.18 Å². The van der Waals surface area contributed by atoms with Gasteiger partial charge in [0, 0.05) is 12.4 Å². The number of hydrogen-bond donors (Lipinski definition) is 1. The van der Waals surface area contributed by atoms with E-state index in [1.807, 2.05) is 0 Å². The summed E-state index contributed by atoms with van der Waals surface area (Å²) in [6.45, 7) is 0. The van der Waals surface area contributed by atoms with Crippen LogP contribution in [0.25, 0.3) is 0 Å². The van der Waals surface area contributed by atoms with E-state index in [9.17, 15) is 13.2 Å². The third-order valence-electron chi connectivity index (χ3n) is 1.77. The van der Waals surface area contributed by atoms with E-state index in [2.05, 4.69) is 25.5 Å². The zero-order chi connectivity index (χ0) is 12.3. The number of anilines is 2. The van der Waals surface area contributed by atoms with Gasteiger partial charge < -0.3 is 5.32 Å². The third-order valence-corrected chi connectivity index (χ3v) is 1.77. The van der Waals surface area contributed by atoms with Crippen LogP contribution in [0.2, 0.25) is 0 Å². The largest absolute Gasteiger partial charge is 0.435 e. The summed E-state index contributed by atoms with van der Waals surface area (Å²) >= 11 is 0. The highest BCUT2D eigenvalue weighted by Gasteiger charge is 2.32. The van der Waals surface area contributed by atoms with Gasteiger partial charge in [-0.05, 0) is 12.1 Å². The van der Waals surface area contributed by atoms with Crippen molar-refractivity contribution in [3.63, 3.8) is 0 Å². The highest BCUT2D eigenvalue weighted by Crippen LogP contribution is 2.27. The molecule has 17 heavy (non-hydrogen) atoms. The average molecular weight is 241 g/mol. The Morgan fingerprint density at radius 2 is 1.82 bits per heavy atom. The number of halogens is 3. The van der Waals surface area contributed by atoms with Crippen molar-refractivity contribution in [2.45, 2.75) is 6.18 Å². The molecule has 0 saturated heterocycles. The summed E-state index contributed by atoms with van der Waals surface area (Å²) in [4.78, 5) is 7.67. The van der Waals surface area contributed by atoms with Gasteiger partial charge in [-0.2, -0.15) is 13.2 Å². The second kappa shape index (κ2) is 4.32. The molecule has 0 aliphatic rings. The fourth-order valence-electron chi connectivity index (χ4n) is 1.04. The Balaban J connectivity index is 2.14. The minimum Gasteiger partial charge on any atom is -0.322 e. The topological polar surface area (TPSA) is 63.6 Å². The van der Waals surface area contributed by atoms with Crippen molar-refractivity contribution in [1.29, 1.82) is 0 Å². The standard InChI is InChI=1S/C9H6F3N5/c10-9(11,12)6-1-2-7(17-16-6)15-8-5-13-3-4-14-8/h1-5H,(H,14,15,17). The molecule has 0 saturated carbocycles. The predicted molar refractivity (Wildman–Crippen MR) is 52.3 cm³/mol. The van der Waals surface area contributed by atoms with Gasteiger partial charge in [-0.1, -0.05) is 0 Å². The van der Waals surface area contributed by atoms with Gasteiger partial charge in [0.15, 0.2) is 11.5 Å². The van der Waals surface area contributed by atoms with Crippen LogP contribution in [0.1, 0.15) is 5.69 Å². The lowest BCUT2D eigenvalue weighted by atomic mass is 10.4. The number of nitrogens with zero attached hydrogens (tertiary/aromatic N) is 4. The molecule has 2 rings (SSSR count). The van der Waals surface area contributed by atoms with Crippen molar-refractivity contribution in [3.05, 3.63) is 36.4 Å². The van der Waals surface area contributed by atoms with Crippen molar-refractivity contribution in [3.8, 4) is 0 Å². The van der Waals surface area contributed by atoms with Gasteiger partial charge in [-0.3, -0.25) is 4.98 Å². The van der Waals surface area contributed by atoms with Crippen molar-refractivity contribution in [2.75, 3.05) is 5.32 Å². The van der Waals surface area contributed by atoms with Crippen LogP contribution in [0, 0.1) is 0 Å². The predicted octanol–water partition coefficient (Wildman–Crippen LogP) is 2.03.